The van der Waals surface area contributed by atoms with Crippen LogP contribution in [0.25, 0.3) is 0 Å². The third kappa shape index (κ3) is 2.72. The zero-order valence-corrected chi connectivity index (χ0v) is 7.99. The molecule has 0 atom stereocenters. The van der Waals surface area contributed by atoms with Gasteiger partial charge in [-0.25, -0.2) is 0 Å². The molecular formula is C9H15NO3. The first-order chi connectivity index (χ1) is 6.02. The fourth-order valence-electron chi connectivity index (χ4n) is 1.25. The molecule has 0 unspecified atom stereocenters. The largest absolute Gasteiger partial charge is 0.480 e. The van der Waals surface area contributed by atoms with E-state index >= 15 is 0 Å². The van der Waals surface area contributed by atoms with Gasteiger partial charge in [0.1, 0.15) is 6.54 Å². The van der Waals surface area contributed by atoms with Crippen LogP contribution in [0, 0.1) is 5.92 Å². The van der Waals surface area contributed by atoms with Crippen LogP contribution >= 0.6 is 0 Å². The van der Waals surface area contributed by atoms with Crippen molar-refractivity contribution in [3.05, 3.63) is 0 Å². The van der Waals surface area contributed by atoms with Gasteiger partial charge in [0.05, 0.1) is 0 Å². The Hall–Kier alpha value is -1.06. The topological polar surface area (TPSA) is 57.6 Å². The van der Waals surface area contributed by atoms with Gasteiger partial charge < -0.3 is 10.0 Å². The summed E-state index contributed by atoms with van der Waals surface area (Å²) in [5, 5.41) is 8.60. The van der Waals surface area contributed by atoms with Gasteiger partial charge in [0.2, 0.25) is 5.91 Å². The monoisotopic (exact) mass is 185 g/mol. The highest BCUT2D eigenvalue weighted by atomic mass is 16.4. The Balaban J connectivity index is 2.56. The minimum absolute atomic E-state index is 0.0510. The number of aliphatic carboxylic acids is 1. The summed E-state index contributed by atoms with van der Waals surface area (Å²) in [7, 11) is 0. The molecule has 0 saturated heterocycles. The molecule has 1 amide bonds. The molecule has 0 heterocycles. The Morgan fingerprint density at radius 1 is 1.46 bits per heavy atom. The number of carbonyl (C=O) groups excluding carboxylic acids is 1. The number of carbonyl (C=O) groups is 2. The maximum atomic E-state index is 11.5. The van der Waals surface area contributed by atoms with Gasteiger partial charge in [-0.05, 0) is 12.8 Å². The van der Waals surface area contributed by atoms with Gasteiger partial charge in [0, 0.05) is 12.0 Å². The molecule has 1 saturated carbocycles. The lowest BCUT2D eigenvalue weighted by Gasteiger charge is -2.22. The molecule has 0 spiro atoms. The van der Waals surface area contributed by atoms with Crippen molar-refractivity contribution in [3.63, 3.8) is 0 Å². The lowest BCUT2D eigenvalue weighted by atomic mass is 10.2. The van der Waals surface area contributed by atoms with Gasteiger partial charge in [0.15, 0.2) is 0 Å². The van der Waals surface area contributed by atoms with Crippen molar-refractivity contribution in [3.8, 4) is 0 Å². The number of rotatable bonds is 4. The smallest absolute Gasteiger partial charge is 0.323 e. The van der Waals surface area contributed by atoms with E-state index in [1.54, 1.807) is 13.8 Å². The van der Waals surface area contributed by atoms with Gasteiger partial charge in [-0.15, -0.1) is 0 Å². The van der Waals surface area contributed by atoms with Crippen molar-refractivity contribution in [2.24, 2.45) is 5.92 Å². The normalized spacial score (nSPS) is 15.9. The Morgan fingerprint density at radius 2 is 2.00 bits per heavy atom. The molecule has 1 N–H and O–H groups in total. The number of amides is 1. The summed E-state index contributed by atoms with van der Waals surface area (Å²) < 4.78 is 0. The van der Waals surface area contributed by atoms with E-state index in [2.05, 4.69) is 0 Å². The van der Waals surface area contributed by atoms with Gasteiger partial charge in [-0.2, -0.15) is 0 Å². The van der Waals surface area contributed by atoms with Gasteiger partial charge in [0.25, 0.3) is 0 Å². The minimum Gasteiger partial charge on any atom is -0.480 e. The molecule has 4 heteroatoms. The highest BCUT2D eigenvalue weighted by Crippen LogP contribution is 2.27. The predicted octanol–water partition coefficient (Wildman–Crippen LogP) is 0.718. The second-order valence-electron chi connectivity index (χ2n) is 3.75. The molecule has 4 nitrogen and oxygen atoms in total. The Morgan fingerprint density at radius 3 is 2.31 bits per heavy atom. The molecule has 0 aromatic rings. The molecule has 1 fully saturated rings. The fourth-order valence-corrected chi connectivity index (χ4v) is 1.25. The lowest BCUT2D eigenvalue weighted by Crippen LogP contribution is -2.39. The number of nitrogens with zero attached hydrogens (tertiary/aromatic N) is 1. The zero-order valence-electron chi connectivity index (χ0n) is 7.99. The van der Waals surface area contributed by atoms with E-state index in [1.165, 1.54) is 4.90 Å². The van der Waals surface area contributed by atoms with Crippen LogP contribution in [-0.4, -0.2) is 34.5 Å². The molecule has 0 aliphatic heterocycles. The van der Waals surface area contributed by atoms with E-state index in [-0.39, 0.29) is 24.4 Å². The third-order valence-corrected chi connectivity index (χ3v) is 2.07. The van der Waals surface area contributed by atoms with E-state index in [0.29, 0.717) is 0 Å². The van der Waals surface area contributed by atoms with Crippen molar-refractivity contribution in [1.82, 2.24) is 4.90 Å². The number of hydrogen-bond acceptors (Lipinski definition) is 2. The average Bonchev–Trinajstić information content (AvgIpc) is 2.80. The lowest BCUT2D eigenvalue weighted by molar-refractivity contribution is -0.146. The fraction of sp³-hybridized carbons (Fsp3) is 0.778. The molecule has 0 bridgehead atoms. The van der Waals surface area contributed by atoms with Crippen molar-refractivity contribution in [2.45, 2.75) is 32.7 Å². The summed E-state index contributed by atoms with van der Waals surface area (Å²) in [5.74, 6) is -1.09. The first kappa shape index (κ1) is 10.0. The molecule has 74 valence electrons. The van der Waals surface area contributed by atoms with Crippen LogP contribution in [0.2, 0.25) is 0 Å². The van der Waals surface area contributed by atoms with Crippen molar-refractivity contribution < 1.29 is 14.7 Å². The summed E-state index contributed by atoms with van der Waals surface area (Å²) in [6, 6.07) is 0.186. The highest BCUT2D eigenvalue weighted by molar-refractivity contribution is 5.83. The van der Waals surface area contributed by atoms with E-state index in [0.717, 1.165) is 12.8 Å². The van der Waals surface area contributed by atoms with Crippen molar-refractivity contribution in [2.75, 3.05) is 6.54 Å². The summed E-state index contributed by atoms with van der Waals surface area (Å²) in [4.78, 5) is 23.5. The van der Waals surface area contributed by atoms with Crippen LogP contribution in [0.4, 0.5) is 0 Å². The molecule has 1 aliphatic rings. The van der Waals surface area contributed by atoms with Gasteiger partial charge >= 0.3 is 5.97 Å². The average molecular weight is 185 g/mol. The van der Waals surface area contributed by atoms with E-state index < -0.39 is 5.97 Å². The summed E-state index contributed by atoms with van der Waals surface area (Å²) >= 11 is 0. The summed E-state index contributed by atoms with van der Waals surface area (Å²) in [6.45, 7) is 3.43. The third-order valence-electron chi connectivity index (χ3n) is 2.07. The van der Waals surface area contributed by atoms with Crippen LogP contribution < -0.4 is 0 Å². The molecular weight excluding hydrogens is 170 g/mol. The van der Waals surface area contributed by atoms with Crippen LogP contribution in [0.15, 0.2) is 0 Å². The predicted molar refractivity (Wildman–Crippen MR) is 47.2 cm³/mol. The van der Waals surface area contributed by atoms with Gasteiger partial charge in [-0.3, -0.25) is 9.59 Å². The zero-order chi connectivity index (χ0) is 10.0. The molecule has 0 aromatic heterocycles. The van der Waals surface area contributed by atoms with Crippen molar-refractivity contribution in [1.29, 1.82) is 0 Å². The highest BCUT2D eigenvalue weighted by Gasteiger charge is 2.34. The summed E-state index contributed by atoms with van der Waals surface area (Å²) in [6.07, 6.45) is 1.90. The SMILES string of the molecule is CC(C)C(=O)N(CC(=O)O)C1CC1. The Labute approximate surface area is 77.5 Å². The molecule has 0 radical (unpaired) electrons. The molecule has 0 aromatic carbocycles. The number of hydrogen-bond donors (Lipinski definition) is 1. The van der Waals surface area contributed by atoms with Crippen LogP contribution in [0.3, 0.4) is 0 Å². The number of carboxylic acid groups (broad SMARTS) is 1. The van der Waals surface area contributed by atoms with E-state index in [1.807, 2.05) is 0 Å². The van der Waals surface area contributed by atoms with E-state index in [9.17, 15) is 9.59 Å². The van der Waals surface area contributed by atoms with Crippen LogP contribution in [0.1, 0.15) is 26.7 Å². The minimum atomic E-state index is -0.930. The molecule has 13 heavy (non-hydrogen) atoms. The Bertz CT molecular complexity index is 221. The van der Waals surface area contributed by atoms with E-state index in [4.69, 9.17) is 5.11 Å². The van der Waals surface area contributed by atoms with Gasteiger partial charge in [-0.1, -0.05) is 13.8 Å². The quantitative estimate of drug-likeness (QED) is 0.702. The number of carboxylic acids is 1. The standard InChI is InChI=1S/C9H15NO3/c1-6(2)9(13)10(5-8(11)12)7-3-4-7/h6-7H,3-5H2,1-2H3,(H,11,12). The van der Waals surface area contributed by atoms with Crippen LogP contribution in [0.5, 0.6) is 0 Å². The van der Waals surface area contributed by atoms with Crippen molar-refractivity contribution >= 4 is 11.9 Å². The van der Waals surface area contributed by atoms with Crippen LogP contribution in [-0.2, 0) is 9.59 Å². The second kappa shape index (κ2) is 3.77. The second-order valence-corrected chi connectivity index (χ2v) is 3.75. The Kier molecular flexibility index (Phi) is 2.90. The maximum absolute atomic E-state index is 11.5. The molecule has 1 rings (SSSR count). The molecule has 1 aliphatic carbocycles. The summed E-state index contributed by atoms with van der Waals surface area (Å²) in [5.41, 5.74) is 0. The first-order valence-electron chi connectivity index (χ1n) is 4.54. The maximum Gasteiger partial charge on any atom is 0.323 e. The first-order valence-corrected chi connectivity index (χ1v) is 4.54.